The van der Waals surface area contributed by atoms with E-state index in [2.05, 4.69) is 48.5 Å². The van der Waals surface area contributed by atoms with Crippen LogP contribution in [-0.4, -0.2) is 5.54 Å². The molecule has 2 atom stereocenters. The molecule has 0 amide bonds. The first-order valence-corrected chi connectivity index (χ1v) is 6.09. The van der Waals surface area contributed by atoms with Gasteiger partial charge in [0.25, 0.3) is 0 Å². The Bertz CT molecular complexity index is 282. The molecule has 0 aromatic carbocycles. The lowest BCUT2D eigenvalue weighted by molar-refractivity contribution is 0.106. The van der Waals surface area contributed by atoms with Crippen LogP contribution in [0.15, 0.2) is 11.1 Å². The molecule has 0 saturated heterocycles. The van der Waals surface area contributed by atoms with Gasteiger partial charge in [0.2, 0.25) is 0 Å². The van der Waals surface area contributed by atoms with Gasteiger partial charge >= 0.3 is 0 Å². The quantitative estimate of drug-likeness (QED) is 0.654. The highest BCUT2D eigenvalue weighted by Gasteiger charge is 2.46. The molecule has 0 fully saturated rings. The summed E-state index contributed by atoms with van der Waals surface area (Å²) in [6, 6.07) is 0. The molecule has 1 nitrogen and oxygen atoms in total. The van der Waals surface area contributed by atoms with E-state index in [0.717, 1.165) is 6.42 Å². The third kappa shape index (κ3) is 1.87. The molecule has 1 aliphatic carbocycles. The summed E-state index contributed by atoms with van der Waals surface area (Å²) < 4.78 is 0. The summed E-state index contributed by atoms with van der Waals surface area (Å²) in [4.78, 5) is 0. The van der Waals surface area contributed by atoms with Gasteiger partial charge in [0.1, 0.15) is 0 Å². The average molecular weight is 209 g/mol. The summed E-state index contributed by atoms with van der Waals surface area (Å²) in [5.41, 5.74) is 9.76. The SMILES string of the molecule is CC1=C(C(C)C)CC(C)(N)C(C)(C)C1C. The predicted octanol–water partition coefficient (Wildman–Crippen LogP) is 3.74. The van der Waals surface area contributed by atoms with Crippen LogP contribution < -0.4 is 5.73 Å². The minimum absolute atomic E-state index is 0.0778. The molecule has 0 bridgehead atoms. The fraction of sp³-hybridized carbons (Fsp3) is 0.857. The lowest BCUT2D eigenvalue weighted by Gasteiger charge is -2.51. The Morgan fingerprint density at radius 3 is 2.13 bits per heavy atom. The second kappa shape index (κ2) is 3.62. The fourth-order valence-corrected chi connectivity index (χ4v) is 2.74. The molecule has 0 heterocycles. The molecule has 2 N–H and O–H groups in total. The average Bonchev–Trinajstić information content (AvgIpc) is 2.09. The van der Waals surface area contributed by atoms with Gasteiger partial charge in [-0.25, -0.2) is 0 Å². The van der Waals surface area contributed by atoms with Gasteiger partial charge in [0, 0.05) is 5.54 Å². The molecule has 15 heavy (non-hydrogen) atoms. The zero-order valence-corrected chi connectivity index (χ0v) is 11.4. The Hall–Kier alpha value is -0.300. The minimum Gasteiger partial charge on any atom is -0.325 e. The molecule has 1 heteroatoms. The van der Waals surface area contributed by atoms with Crippen LogP contribution in [0.25, 0.3) is 0 Å². The van der Waals surface area contributed by atoms with Crippen molar-refractivity contribution in [2.45, 2.75) is 60.4 Å². The predicted molar refractivity (Wildman–Crippen MR) is 67.7 cm³/mol. The summed E-state index contributed by atoms with van der Waals surface area (Å²) in [5.74, 6) is 1.21. The van der Waals surface area contributed by atoms with Crippen molar-refractivity contribution in [1.82, 2.24) is 0 Å². The number of hydrogen-bond acceptors (Lipinski definition) is 1. The molecule has 2 unspecified atom stereocenters. The van der Waals surface area contributed by atoms with E-state index >= 15 is 0 Å². The molecule has 1 rings (SSSR count). The summed E-state index contributed by atoms with van der Waals surface area (Å²) >= 11 is 0. The maximum absolute atomic E-state index is 6.50. The van der Waals surface area contributed by atoms with Crippen molar-refractivity contribution in [3.05, 3.63) is 11.1 Å². The van der Waals surface area contributed by atoms with Crippen LogP contribution in [0.4, 0.5) is 0 Å². The fourth-order valence-electron chi connectivity index (χ4n) is 2.74. The summed E-state index contributed by atoms with van der Waals surface area (Å²) in [5, 5.41) is 0. The zero-order chi connectivity index (χ0) is 12.0. The van der Waals surface area contributed by atoms with Gasteiger partial charge in [-0.1, -0.05) is 45.8 Å². The second-order valence-corrected chi connectivity index (χ2v) is 6.40. The Kier molecular flexibility index (Phi) is 3.08. The zero-order valence-electron chi connectivity index (χ0n) is 11.4. The molecular formula is C14H27N. The Morgan fingerprint density at radius 2 is 1.73 bits per heavy atom. The van der Waals surface area contributed by atoms with Gasteiger partial charge in [-0.3, -0.25) is 0 Å². The Balaban J connectivity index is 3.22. The van der Waals surface area contributed by atoms with Gasteiger partial charge in [-0.2, -0.15) is 0 Å². The number of hydrogen-bond donors (Lipinski definition) is 1. The van der Waals surface area contributed by atoms with E-state index in [4.69, 9.17) is 5.73 Å². The Morgan fingerprint density at radius 1 is 1.27 bits per heavy atom. The van der Waals surface area contributed by atoms with Crippen LogP contribution in [-0.2, 0) is 0 Å². The van der Waals surface area contributed by atoms with Gasteiger partial charge in [-0.15, -0.1) is 0 Å². The maximum Gasteiger partial charge on any atom is 0.0220 e. The molecular weight excluding hydrogens is 182 g/mol. The molecule has 0 aliphatic heterocycles. The molecule has 0 radical (unpaired) electrons. The monoisotopic (exact) mass is 209 g/mol. The van der Waals surface area contributed by atoms with Gasteiger partial charge in [0.05, 0.1) is 0 Å². The molecule has 0 aromatic heterocycles. The van der Waals surface area contributed by atoms with Crippen molar-refractivity contribution in [2.24, 2.45) is 23.0 Å². The van der Waals surface area contributed by atoms with Crippen LogP contribution in [0.2, 0.25) is 0 Å². The van der Waals surface area contributed by atoms with E-state index in [1.807, 2.05) is 0 Å². The lowest BCUT2D eigenvalue weighted by Crippen LogP contribution is -2.56. The van der Waals surface area contributed by atoms with Crippen molar-refractivity contribution in [2.75, 3.05) is 0 Å². The smallest absolute Gasteiger partial charge is 0.0220 e. The normalized spacial score (nSPS) is 36.2. The Labute approximate surface area is 95.1 Å². The van der Waals surface area contributed by atoms with Crippen molar-refractivity contribution >= 4 is 0 Å². The molecule has 1 aliphatic rings. The van der Waals surface area contributed by atoms with E-state index in [0.29, 0.717) is 11.8 Å². The number of allylic oxidation sites excluding steroid dienone is 1. The van der Waals surface area contributed by atoms with Crippen LogP contribution in [0.1, 0.15) is 54.9 Å². The topological polar surface area (TPSA) is 26.0 Å². The first-order chi connectivity index (χ1) is 6.61. The molecule has 0 saturated carbocycles. The van der Waals surface area contributed by atoms with Gasteiger partial charge in [-0.05, 0) is 37.5 Å². The third-order valence-electron chi connectivity index (χ3n) is 4.97. The summed E-state index contributed by atoms with van der Waals surface area (Å²) in [7, 11) is 0. The number of rotatable bonds is 1. The first-order valence-electron chi connectivity index (χ1n) is 6.09. The first kappa shape index (κ1) is 12.8. The van der Waals surface area contributed by atoms with Crippen LogP contribution in [0.5, 0.6) is 0 Å². The highest BCUT2D eigenvalue weighted by atomic mass is 14.8. The van der Waals surface area contributed by atoms with E-state index in [1.54, 1.807) is 11.1 Å². The van der Waals surface area contributed by atoms with E-state index < -0.39 is 0 Å². The summed E-state index contributed by atoms with van der Waals surface area (Å²) in [6.07, 6.45) is 1.05. The highest BCUT2D eigenvalue weighted by molar-refractivity contribution is 5.28. The lowest BCUT2D eigenvalue weighted by atomic mass is 9.57. The van der Waals surface area contributed by atoms with Gasteiger partial charge < -0.3 is 5.73 Å². The number of nitrogens with two attached hydrogens (primary N) is 1. The minimum atomic E-state index is -0.0778. The molecule has 88 valence electrons. The maximum atomic E-state index is 6.50. The van der Waals surface area contributed by atoms with Crippen molar-refractivity contribution in [3.8, 4) is 0 Å². The molecule has 0 spiro atoms. The van der Waals surface area contributed by atoms with Crippen LogP contribution >= 0.6 is 0 Å². The summed E-state index contributed by atoms with van der Waals surface area (Å²) in [6.45, 7) is 16.0. The van der Waals surface area contributed by atoms with E-state index in [-0.39, 0.29) is 11.0 Å². The van der Waals surface area contributed by atoms with E-state index in [1.165, 1.54) is 0 Å². The van der Waals surface area contributed by atoms with Crippen molar-refractivity contribution in [3.63, 3.8) is 0 Å². The van der Waals surface area contributed by atoms with E-state index in [9.17, 15) is 0 Å². The van der Waals surface area contributed by atoms with Crippen molar-refractivity contribution < 1.29 is 0 Å². The van der Waals surface area contributed by atoms with Crippen molar-refractivity contribution in [1.29, 1.82) is 0 Å². The highest BCUT2D eigenvalue weighted by Crippen LogP contribution is 2.49. The standard InChI is InChI=1S/C14H27N/c1-9(2)12-8-14(7,15)13(5,6)11(4)10(12)3/h9,11H,8,15H2,1-7H3. The van der Waals surface area contributed by atoms with Crippen LogP contribution in [0, 0.1) is 17.3 Å². The third-order valence-corrected chi connectivity index (χ3v) is 4.97. The van der Waals surface area contributed by atoms with Gasteiger partial charge in [0.15, 0.2) is 0 Å². The molecule has 0 aromatic rings. The van der Waals surface area contributed by atoms with Crippen LogP contribution in [0.3, 0.4) is 0 Å². The second-order valence-electron chi connectivity index (χ2n) is 6.40. The largest absolute Gasteiger partial charge is 0.325 e.